The van der Waals surface area contributed by atoms with Gasteiger partial charge in [0, 0.05) is 49.2 Å². The lowest BCUT2D eigenvalue weighted by atomic mass is 10.0. The van der Waals surface area contributed by atoms with Crippen molar-refractivity contribution in [3.05, 3.63) is 35.5 Å². The first-order chi connectivity index (χ1) is 13.5. The van der Waals surface area contributed by atoms with Crippen molar-refractivity contribution < 1.29 is 14.3 Å². The van der Waals surface area contributed by atoms with Crippen LogP contribution < -0.4 is 15.0 Å². The van der Waals surface area contributed by atoms with Crippen molar-refractivity contribution in [3.63, 3.8) is 0 Å². The monoisotopic (exact) mass is 380 g/mol. The van der Waals surface area contributed by atoms with Crippen LogP contribution in [-0.4, -0.2) is 41.7 Å². The number of pyridine rings is 2. The standard InChI is InChI=1S/C21H24N4O3/c1-13-7-19(24-20(8-13)28-15-3-6-27-11-15)25-12-21(4-5-21)16-10-22-18(9-17(16)25)23-14(2)26/h7-10,15H,3-6,11-12H2,1-2H3,(H,22,23,26)/t15-/m1/s1. The van der Waals surface area contributed by atoms with Crippen LogP contribution in [0.25, 0.3) is 0 Å². The van der Waals surface area contributed by atoms with Crippen molar-refractivity contribution in [3.8, 4) is 5.88 Å². The molecule has 1 N–H and O–H groups in total. The van der Waals surface area contributed by atoms with Crippen LogP contribution in [0.5, 0.6) is 5.88 Å². The summed E-state index contributed by atoms with van der Waals surface area (Å²) in [5.74, 6) is 1.96. The summed E-state index contributed by atoms with van der Waals surface area (Å²) < 4.78 is 11.5. The van der Waals surface area contributed by atoms with E-state index in [4.69, 9.17) is 14.5 Å². The summed E-state index contributed by atoms with van der Waals surface area (Å²) in [5, 5.41) is 2.79. The smallest absolute Gasteiger partial charge is 0.222 e. The van der Waals surface area contributed by atoms with Crippen molar-refractivity contribution >= 4 is 23.2 Å². The molecule has 2 aliphatic heterocycles. The van der Waals surface area contributed by atoms with Gasteiger partial charge in [0.2, 0.25) is 11.8 Å². The van der Waals surface area contributed by atoms with E-state index in [1.807, 2.05) is 18.3 Å². The number of hydrogen-bond acceptors (Lipinski definition) is 6. The number of nitrogens with one attached hydrogen (secondary N) is 1. The topological polar surface area (TPSA) is 76.6 Å². The van der Waals surface area contributed by atoms with Crippen LogP contribution in [0.2, 0.25) is 0 Å². The molecule has 2 fully saturated rings. The molecular weight excluding hydrogens is 356 g/mol. The molecule has 7 nitrogen and oxygen atoms in total. The molecule has 146 valence electrons. The summed E-state index contributed by atoms with van der Waals surface area (Å²) in [6.07, 6.45) is 5.19. The van der Waals surface area contributed by atoms with E-state index in [1.165, 1.54) is 12.5 Å². The Hall–Kier alpha value is -2.67. The van der Waals surface area contributed by atoms with Crippen LogP contribution in [0.15, 0.2) is 24.4 Å². The van der Waals surface area contributed by atoms with E-state index in [0.717, 1.165) is 49.5 Å². The molecule has 1 spiro atoms. The summed E-state index contributed by atoms with van der Waals surface area (Å²) in [6.45, 7) is 5.79. The molecule has 2 aromatic heterocycles. The fourth-order valence-electron chi connectivity index (χ4n) is 4.17. The lowest BCUT2D eigenvalue weighted by molar-refractivity contribution is -0.114. The van der Waals surface area contributed by atoms with E-state index in [1.54, 1.807) is 0 Å². The van der Waals surface area contributed by atoms with Gasteiger partial charge in [0.05, 0.1) is 18.9 Å². The Bertz CT molecular complexity index is 935. The van der Waals surface area contributed by atoms with Gasteiger partial charge in [-0.3, -0.25) is 4.79 Å². The maximum Gasteiger partial charge on any atom is 0.222 e. The molecule has 1 saturated heterocycles. The number of ether oxygens (including phenoxy) is 2. The lowest BCUT2D eigenvalue weighted by Gasteiger charge is -2.21. The van der Waals surface area contributed by atoms with E-state index in [-0.39, 0.29) is 17.4 Å². The van der Waals surface area contributed by atoms with Crippen molar-refractivity contribution in [1.82, 2.24) is 9.97 Å². The van der Waals surface area contributed by atoms with Crippen molar-refractivity contribution in [2.45, 2.75) is 44.6 Å². The lowest BCUT2D eigenvalue weighted by Crippen LogP contribution is -2.21. The van der Waals surface area contributed by atoms with Crippen LogP contribution in [0.3, 0.4) is 0 Å². The van der Waals surface area contributed by atoms with E-state index in [0.29, 0.717) is 18.3 Å². The Morgan fingerprint density at radius 3 is 2.93 bits per heavy atom. The number of carbonyl (C=O) groups is 1. The van der Waals surface area contributed by atoms with E-state index >= 15 is 0 Å². The minimum atomic E-state index is -0.124. The molecule has 2 aromatic rings. The third-order valence-corrected chi connectivity index (χ3v) is 5.75. The number of hydrogen-bond donors (Lipinski definition) is 1. The summed E-state index contributed by atoms with van der Waals surface area (Å²) >= 11 is 0. The second-order valence-electron chi connectivity index (χ2n) is 8.08. The number of fused-ring (bicyclic) bond motifs is 2. The third-order valence-electron chi connectivity index (χ3n) is 5.75. The van der Waals surface area contributed by atoms with Gasteiger partial charge in [0.15, 0.2) is 0 Å². The second kappa shape index (κ2) is 6.44. The molecule has 5 rings (SSSR count). The molecule has 1 amide bonds. The van der Waals surface area contributed by atoms with Gasteiger partial charge in [0.1, 0.15) is 17.7 Å². The summed E-state index contributed by atoms with van der Waals surface area (Å²) in [5.41, 5.74) is 3.59. The predicted octanol–water partition coefficient (Wildman–Crippen LogP) is 3.09. The number of aryl methyl sites for hydroxylation is 1. The Kier molecular flexibility index (Phi) is 4.01. The van der Waals surface area contributed by atoms with Gasteiger partial charge in [0.25, 0.3) is 0 Å². The van der Waals surface area contributed by atoms with Gasteiger partial charge >= 0.3 is 0 Å². The molecule has 3 aliphatic rings. The maximum absolute atomic E-state index is 11.5. The molecule has 0 unspecified atom stereocenters. The number of anilines is 3. The average Bonchev–Trinajstić information content (AvgIpc) is 3.10. The van der Waals surface area contributed by atoms with Gasteiger partial charge in [-0.05, 0) is 31.4 Å². The molecule has 1 atom stereocenters. The van der Waals surface area contributed by atoms with Gasteiger partial charge in [-0.15, -0.1) is 0 Å². The zero-order valence-corrected chi connectivity index (χ0v) is 16.2. The van der Waals surface area contributed by atoms with Crippen molar-refractivity contribution in [2.75, 3.05) is 30.0 Å². The highest BCUT2D eigenvalue weighted by molar-refractivity contribution is 5.89. The van der Waals surface area contributed by atoms with Gasteiger partial charge in [-0.2, -0.15) is 4.98 Å². The largest absolute Gasteiger partial charge is 0.472 e. The molecule has 4 heterocycles. The van der Waals surface area contributed by atoms with Crippen LogP contribution in [0.4, 0.5) is 17.3 Å². The SMILES string of the molecule is CC(=O)Nc1cc2c(cn1)C1(CC1)CN2c1cc(C)cc(O[C@@H]2CCOC2)n1. The molecule has 1 saturated carbocycles. The Morgan fingerprint density at radius 1 is 1.36 bits per heavy atom. The Morgan fingerprint density at radius 2 is 2.21 bits per heavy atom. The molecule has 1 aliphatic carbocycles. The highest BCUT2D eigenvalue weighted by Gasteiger charge is 2.52. The predicted molar refractivity (Wildman–Crippen MR) is 105 cm³/mol. The quantitative estimate of drug-likeness (QED) is 0.878. The first-order valence-electron chi connectivity index (χ1n) is 9.81. The Balaban J connectivity index is 1.50. The summed E-state index contributed by atoms with van der Waals surface area (Å²) in [7, 11) is 0. The normalized spacial score (nSPS) is 21.6. The fourth-order valence-corrected chi connectivity index (χ4v) is 4.17. The van der Waals surface area contributed by atoms with Crippen LogP contribution in [0, 0.1) is 6.92 Å². The average molecular weight is 380 g/mol. The molecule has 0 radical (unpaired) electrons. The number of aromatic nitrogens is 2. The van der Waals surface area contributed by atoms with Crippen molar-refractivity contribution in [2.24, 2.45) is 0 Å². The molecule has 0 aromatic carbocycles. The molecule has 0 bridgehead atoms. The molecule has 28 heavy (non-hydrogen) atoms. The first kappa shape index (κ1) is 17.4. The van der Waals surface area contributed by atoms with Crippen LogP contribution in [0.1, 0.15) is 37.3 Å². The van der Waals surface area contributed by atoms with Crippen LogP contribution >= 0.6 is 0 Å². The Labute approximate surface area is 164 Å². The minimum Gasteiger partial charge on any atom is -0.472 e. The van der Waals surface area contributed by atoms with Crippen molar-refractivity contribution in [1.29, 1.82) is 0 Å². The highest BCUT2D eigenvalue weighted by atomic mass is 16.5. The third kappa shape index (κ3) is 3.09. The molecule has 7 heteroatoms. The van der Waals surface area contributed by atoms with E-state index in [2.05, 4.69) is 28.2 Å². The number of carbonyl (C=O) groups excluding carboxylic acids is 1. The van der Waals surface area contributed by atoms with E-state index in [9.17, 15) is 4.79 Å². The van der Waals surface area contributed by atoms with Gasteiger partial charge in [-0.1, -0.05) is 0 Å². The summed E-state index contributed by atoms with van der Waals surface area (Å²) in [4.78, 5) is 22.9. The fraction of sp³-hybridized carbons (Fsp3) is 0.476. The van der Waals surface area contributed by atoms with Gasteiger partial charge < -0.3 is 19.7 Å². The highest BCUT2D eigenvalue weighted by Crippen LogP contribution is 2.58. The first-order valence-corrected chi connectivity index (χ1v) is 9.81. The number of amides is 1. The number of rotatable bonds is 4. The van der Waals surface area contributed by atoms with Crippen LogP contribution in [-0.2, 0) is 14.9 Å². The summed E-state index contributed by atoms with van der Waals surface area (Å²) in [6, 6.07) is 6.02. The maximum atomic E-state index is 11.5. The van der Waals surface area contributed by atoms with E-state index < -0.39 is 0 Å². The molecular formula is C21H24N4O3. The number of nitrogens with zero attached hydrogens (tertiary/aromatic N) is 3. The van der Waals surface area contributed by atoms with Gasteiger partial charge in [-0.25, -0.2) is 4.98 Å². The zero-order chi connectivity index (χ0) is 19.3. The minimum absolute atomic E-state index is 0.0679. The second-order valence-corrected chi connectivity index (χ2v) is 8.08. The zero-order valence-electron chi connectivity index (χ0n) is 16.2.